The van der Waals surface area contributed by atoms with Crippen LogP contribution in [0.25, 0.3) is 0 Å². The lowest BCUT2D eigenvalue weighted by molar-refractivity contribution is 0.0521. The molecule has 0 fully saturated rings. The highest BCUT2D eigenvalue weighted by molar-refractivity contribution is 7.90. The summed E-state index contributed by atoms with van der Waals surface area (Å²) in [6, 6.07) is 6.31. The number of rotatable bonds is 6. The Bertz CT molecular complexity index is 756. The number of hydrogen-bond donors (Lipinski definition) is 1. The van der Waals surface area contributed by atoms with E-state index in [2.05, 4.69) is 10.2 Å². The van der Waals surface area contributed by atoms with E-state index in [1.165, 1.54) is 18.3 Å². The van der Waals surface area contributed by atoms with Crippen molar-refractivity contribution in [3.05, 3.63) is 41.6 Å². The Morgan fingerprint density at radius 1 is 1.26 bits per heavy atom. The molecule has 0 bridgehead atoms. The summed E-state index contributed by atoms with van der Waals surface area (Å²) in [5, 5.41) is 6.34. The lowest BCUT2D eigenvalue weighted by Gasteiger charge is -2.07. The highest BCUT2D eigenvalue weighted by Crippen LogP contribution is 2.17. The van der Waals surface area contributed by atoms with Crippen molar-refractivity contribution in [1.82, 2.24) is 10.2 Å². The molecule has 23 heavy (non-hydrogen) atoms. The number of carbonyl (C=O) groups excluding carboxylic acids is 1. The summed E-state index contributed by atoms with van der Waals surface area (Å²) in [5.74, 6) is -0.302. The second kappa shape index (κ2) is 7.98. The van der Waals surface area contributed by atoms with Crippen molar-refractivity contribution in [2.24, 2.45) is 0 Å². The zero-order valence-electron chi connectivity index (χ0n) is 12.6. The van der Waals surface area contributed by atoms with Crippen molar-refractivity contribution in [3.8, 4) is 5.88 Å². The van der Waals surface area contributed by atoms with E-state index in [0.717, 1.165) is 11.8 Å². The molecule has 0 saturated carbocycles. The number of H-pyrrole nitrogens is 1. The lowest BCUT2D eigenvalue weighted by atomic mass is 10.2. The Morgan fingerprint density at radius 3 is 2.48 bits per heavy atom. The quantitative estimate of drug-likeness (QED) is 0.791. The first kappa shape index (κ1) is 19.0. The highest BCUT2D eigenvalue weighted by Gasteiger charge is 2.16. The Kier molecular flexibility index (Phi) is 6.59. The monoisotopic (exact) mass is 360 g/mol. The van der Waals surface area contributed by atoms with Crippen LogP contribution in [0.2, 0.25) is 0 Å². The van der Waals surface area contributed by atoms with Gasteiger partial charge in [0.1, 0.15) is 12.2 Å². The highest BCUT2D eigenvalue weighted by atomic mass is 35.5. The van der Waals surface area contributed by atoms with Gasteiger partial charge in [-0.2, -0.15) is 5.10 Å². The van der Waals surface area contributed by atoms with Crippen LogP contribution in [0.1, 0.15) is 22.8 Å². The van der Waals surface area contributed by atoms with Gasteiger partial charge >= 0.3 is 5.97 Å². The number of carbonyl (C=O) groups is 1. The molecule has 1 aromatic heterocycles. The topological polar surface area (TPSA) is 98.3 Å². The molecule has 2 aromatic rings. The molecule has 0 saturated heterocycles. The predicted octanol–water partition coefficient (Wildman–Crippen LogP) is 1.99. The summed E-state index contributed by atoms with van der Waals surface area (Å²) in [6.07, 6.45) is 2.48. The van der Waals surface area contributed by atoms with Gasteiger partial charge in [-0.05, 0) is 24.6 Å². The number of aromatic nitrogens is 2. The summed E-state index contributed by atoms with van der Waals surface area (Å²) < 4.78 is 33.1. The summed E-state index contributed by atoms with van der Waals surface area (Å²) in [4.78, 5) is 11.9. The fraction of sp³-hybridized carbons (Fsp3) is 0.286. The number of nitrogens with one attached hydrogen (secondary N) is 1. The third-order valence-electron chi connectivity index (χ3n) is 2.83. The molecule has 0 spiro atoms. The van der Waals surface area contributed by atoms with Crippen LogP contribution in [0.5, 0.6) is 5.88 Å². The summed E-state index contributed by atoms with van der Waals surface area (Å²) in [5.41, 5.74) is 0.978. The van der Waals surface area contributed by atoms with Crippen molar-refractivity contribution in [2.45, 2.75) is 18.4 Å². The number of benzene rings is 1. The summed E-state index contributed by atoms with van der Waals surface area (Å²) in [7, 11) is -3.22. The van der Waals surface area contributed by atoms with Gasteiger partial charge in [-0.25, -0.2) is 18.3 Å². The number of esters is 1. The molecule has 1 heterocycles. The van der Waals surface area contributed by atoms with Crippen molar-refractivity contribution in [1.29, 1.82) is 0 Å². The largest absolute Gasteiger partial charge is 0.472 e. The molecule has 0 aliphatic rings. The van der Waals surface area contributed by atoms with Gasteiger partial charge in [-0.3, -0.25) is 0 Å². The Balaban J connectivity index is 0.00000264. The van der Waals surface area contributed by atoms with Crippen LogP contribution in [-0.2, 0) is 21.2 Å². The number of aromatic amines is 1. The molecule has 0 aliphatic heterocycles. The maximum atomic E-state index is 11.7. The van der Waals surface area contributed by atoms with Crippen molar-refractivity contribution >= 4 is 28.2 Å². The third-order valence-corrected chi connectivity index (χ3v) is 3.96. The van der Waals surface area contributed by atoms with E-state index >= 15 is 0 Å². The van der Waals surface area contributed by atoms with Crippen LogP contribution in [0.3, 0.4) is 0 Å². The normalized spacial score (nSPS) is 10.7. The van der Waals surface area contributed by atoms with Gasteiger partial charge in [0.2, 0.25) is 5.88 Å². The van der Waals surface area contributed by atoms with Crippen LogP contribution in [-0.4, -0.2) is 37.4 Å². The SMILES string of the molecule is CCOC(=O)c1cn[nH]c1OCc1ccc(S(C)(=O)=O)cc1.Cl. The van der Waals surface area contributed by atoms with Crippen molar-refractivity contribution < 1.29 is 22.7 Å². The van der Waals surface area contributed by atoms with Gasteiger partial charge < -0.3 is 9.47 Å². The van der Waals surface area contributed by atoms with E-state index in [1.807, 2.05) is 0 Å². The fourth-order valence-corrected chi connectivity index (χ4v) is 2.36. The third kappa shape index (κ3) is 4.97. The maximum absolute atomic E-state index is 11.7. The minimum absolute atomic E-state index is 0. The molecule has 2 rings (SSSR count). The standard InChI is InChI=1S/C14H16N2O5S.ClH/c1-3-20-14(17)12-8-15-16-13(12)21-9-10-4-6-11(7-5-10)22(2,18)19;/h4-8H,3,9H2,1-2H3,(H,15,16);1H. The van der Waals surface area contributed by atoms with E-state index < -0.39 is 15.8 Å². The Morgan fingerprint density at radius 2 is 1.91 bits per heavy atom. The molecular formula is C14H17ClN2O5S. The van der Waals surface area contributed by atoms with Gasteiger partial charge in [0, 0.05) is 6.26 Å². The van der Waals surface area contributed by atoms with E-state index in [1.54, 1.807) is 19.1 Å². The molecule has 0 aliphatic carbocycles. The van der Waals surface area contributed by atoms with E-state index in [9.17, 15) is 13.2 Å². The minimum Gasteiger partial charge on any atom is -0.472 e. The molecule has 0 unspecified atom stereocenters. The molecule has 0 amide bonds. The summed E-state index contributed by atoms with van der Waals surface area (Å²) in [6.45, 7) is 2.14. The zero-order valence-corrected chi connectivity index (χ0v) is 14.2. The van der Waals surface area contributed by atoms with Crippen molar-refractivity contribution in [3.63, 3.8) is 0 Å². The van der Waals surface area contributed by atoms with Gasteiger partial charge in [-0.15, -0.1) is 12.4 Å². The smallest absolute Gasteiger partial charge is 0.345 e. The molecule has 7 nitrogen and oxygen atoms in total. The van der Waals surface area contributed by atoms with Gasteiger partial charge in [-0.1, -0.05) is 12.1 Å². The van der Waals surface area contributed by atoms with E-state index in [-0.39, 0.29) is 42.0 Å². The lowest BCUT2D eigenvalue weighted by Crippen LogP contribution is -2.06. The molecule has 126 valence electrons. The second-order valence-electron chi connectivity index (χ2n) is 4.54. The molecule has 9 heteroatoms. The average molecular weight is 361 g/mol. The average Bonchev–Trinajstić information content (AvgIpc) is 2.93. The Labute approximate surface area is 140 Å². The predicted molar refractivity (Wildman–Crippen MR) is 85.7 cm³/mol. The minimum atomic E-state index is -3.22. The molecule has 1 N–H and O–H groups in total. The van der Waals surface area contributed by atoms with Gasteiger partial charge in [0.05, 0.1) is 17.7 Å². The van der Waals surface area contributed by atoms with Crippen molar-refractivity contribution in [2.75, 3.05) is 12.9 Å². The first-order valence-corrected chi connectivity index (χ1v) is 8.43. The van der Waals surface area contributed by atoms with Crippen LogP contribution in [0, 0.1) is 0 Å². The van der Waals surface area contributed by atoms with Crippen LogP contribution >= 0.6 is 12.4 Å². The Hall–Kier alpha value is -2.06. The molecule has 1 aromatic carbocycles. The first-order valence-electron chi connectivity index (χ1n) is 6.54. The number of nitrogens with zero attached hydrogens (tertiary/aromatic N) is 1. The van der Waals surface area contributed by atoms with E-state index in [4.69, 9.17) is 9.47 Å². The van der Waals surface area contributed by atoms with Crippen LogP contribution in [0.4, 0.5) is 0 Å². The number of hydrogen-bond acceptors (Lipinski definition) is 6. The van der Waals surface area contributed by atoms with Crippen LogP contribution < -0.4 is 4.74 Å². The van der Waals surface area contributed by atoms with E-state index in [0.29, 0.717) is 0 Å². The fourth-order valence-electron chi connectivity index (χ4n) is 1.73. The van der Waals surface area contributed by atoms with Crippen LogP contribution in [0.15, 0.2) is 35.4 Å². The summed E-state index contributed by atoms with van der Waals surface area (Å²) >= 11 is 0. The second-order valence-corrected chi connectivity index (χ2v) is 6.55. The molecule has 0 radical (unpaired) electrons. The molecular weight excluding hydrogens is 344 g/mol. The van der Waals surface area contributed by atoms with Gasteiger partial charge in [0.25, 0.3) is 0 Å². The van der Waals surface area contributed by atoms with Gasteiger partial charge in [0.15, 0.2) is 9.84 Å². The molecule has 0 atom stereocenters. The zero-order chi connectivity index (χ0) is 16.2. The maximum Gasteiger partial charge on any atom is 0.345 e. The number of halogens is 1. The number of sulfone groups is 1. The number of ether oxygens (including phenoxy) is 2. The first-order chi connectivity index (χ1) is 10.4.